The molecule has 33 heavy (non-hydrogen) atoms. The van der Waals surface area contributed by atoms with Crippen molar-refractivity contribution in [1.29, 1.82) is 5.26 Å². The SMILES string of the molecule is N#Cc1ccccc1NCCCN1CC2CN(CCCC(=O)c3ccc(F)cc3)CC(C1)O2. The van der Waals surface area contributed by atoms with Crippen LogP contribution in [0.3, 0.4) is 0 Å². The van der Waals surface area contributed by atoms with Crippen LogP contribution in [0, 0.1) is 17.1 Å². The second kappa shape index (κ2) is 11.4. The molecule has 2 aliphatic heterocycles. The Morgan fingerprint density at radius 3 is 2.30 bits per heavy atom. The van der Waals surface area contributed by atoms with E-state index in [9.17, 15) is 14.4 Å². The Kier molecular flexibility index (Phi) is 8.05. The van der Waals surface area contributed by atoms with E-state index in [4.69, 9.17) is 4.74 Å². The van der Waals surface area contributed by atoms with Gasteiger partial charge in [-0.15, -0.1) is 0 Å². The molecule has 4 rings (SSSR count). The molecule has 0 aliphatic carbocycles. The normalized spacial score (nSPS) is 20.8. The lowest BCUT2D eigenvalue weighted by Crippen LogP contribution is -2.59. The average Bonchev–Trinajstić information content (AvgIpc) is 2.82. The largest absolute Gasteiger partial charge is 0.384 e. The number of hydrogen-bond donors (Lipinski definition) is 1. The minimum atomic E-state index is -0.318. The third kappa shape index (κ3) is 6.61. The van der Waals surface area contributed by atoms with E-state index in [0.717, 1.165) is 64.3 Å². The maximum Gasteiger partial charge on any atom is 0.162 e. The highest BCUT2D eigenvalue weighted by Crippen LogP contribution is 2.20. The minimum Gasteiger partial charge on any atom is -0.384 e. The van der Waals surface area contributed by atoms with Gasteiger partial charge < -0.3 is 10.1 Å². The Morgan fingerprint density at radius 2 is 1.64 bits per heavy atom. The molecule has 0 saturated carbocycles. The molecule has 2 heterocycles. The summed E-state index contributed by atoms with van der Waals surface area (Å²) >= 11 is 0. The molecule has 2 saturated heterocycles. The topological polar surface area (TPSA) is 68.6 Å². The molecule has 2 aliphatic rings. The number of nitrogens with zero attached hydrogens (tertiary/aromatic N) is 3. The molecule has 2 aromatic carbocycles. The van der Waals surface area contributed by atoms with Gasteiger partial charge in [-0.3, -0.25) is 14.6 Å². The Morgan fingerprint density at radius 1 is 1.00 bits per heavy atom. The summed E-state index contributed by atoms with van der Waals surface area (Å²) < 4.78 is 19.2. The van der Waals surface area contributed by atoms with Crippen LogP contribution in [0.4, 0.5) is 10.1 Å². The zero-order valence-electron chi connectivity index (χ0n) is 18.9. The second-order valence-corrected chi connectivity index (χ2v) is 8.87. The van der Waals surface area contributed by atoms with Gasteiger partial charge in [0, 0.05) is 51.3 Å². The predicted octanol–water partition coefficient (Wildman–Crippen LogP) is 3.55. The zero-order chi connectivity index (χ0) is 23.0. The van der Waals surface area contributed by atoms with Crippen molar-refractivity contribution in [3.63, 3.8) is 0 Å². The molecule has 0 amide bonds. The van der Waals surface area contributed by atoms with Gasteiger partial charge in [0.15, 0.2) is 5.78 Å². The van der Waals surface area contributed by atoms with E-state index in [0.29, 0.717) is 17.5 Å². The van der Waals surface area contributed by atoms with Crippen molar-refractivity contribution in [2.75, 3.05) is 51.1 Å². The first-order chi connectivity index (χ1) is 16.1. The number of carbonyl (C=O) groups is 1. The number of fused-ring (bicyclic) bond motifs is 2. The van der Waals surface area contributed by atoms with Crippen LogP contribution in [-0.4, -0.2) is 73.6 Å². The molecule has 0 spiro atoms. The number of carbonyl (C=O) groups excluding carboxylic acids is 1. The van der Waals surface area contributed by atoms with Gasteiger partial charge in [-0.1, -0.05) is 12.1 Å². The summed E-state index contributed by atoms with van der Waals surface area (Å²) in [7, 11) is 0. The van der Waals surface area contributed by atoms with Crippen LogP contribution in [0.1, 0.15) is 35.2 Å². The van der Waals surface area contributed by atoms with Crippen LogP contribution in [0.2, 0.25) is 0 Å². The molecule has 0 radical (unpaired) electrons. The second-order valence-electron chi connectivity index (χ2n) is 8.87. The fourth-order valence-electron chi connectivity index (χ4n) is 4.73. The third-order valence-corrected chi connectivity index (χ3v) is 6.29. The number of halogens is 1. The number of benzene rings is 2. The van der Waals surface area contributed by atoms with E-state index in [1.807, 2.05) is 24.3 Å². The Hall–Kier alpha value is -2.79. The van der Waals surface area contributed by atoms with Crippen molar-refractivity contribution in [3.05, 3.63) is 65.5 Å². The van der Waals surface area contributed by atoms with Crippen molar-refractivity contribution in [2.45, 2.75) is 31.5 Å². The van der Waals surface area contributed by atoms with Crippen molar-refractivity contribution < 1.29 is 13.9 Å². The average molecular weight is 451 g/mol. The summed E-state index contributed by atoms with van der Waals surface area (Å²) in [5.74, 6) is -0.248. The highest BCUT2D eigenvalue weighted by Gasteiger charge is 2.34. The summed E-state index contributed by atoms with van der Waals surface area (Å²) in [5.41, 5.74) is 2.15. The van der Waals surface area contributed by atoms with Crippen LogP contribution in [0.25, 0.3) is 0 Å². The van der Waals surface area contributed by atoms with Gasteiger partial charge in [0.25, 0.3) is 0 Å². The smallest absolute Gasteiger partial charge is 0.162 e. The summed E-state index contributed by atoms with van der Waals surface area (Å²) in [6.45, 7) is 6.36. The maximum atomic E-state index is 13.0. The number of ketones is 1. The number of hydrogen-bond acceptors (Lipinski definition) is 6. The number of rotatable bonds is 10. The van der Waals surface area contributed by atoms with Gasteiger partial charge in [-0.25, -0.2) is 4.39 Å². The van der Waals surface area contributed by atoms with Gasteiger partial charge in [0.05, 0.1) is 23.5 Å². The van der Waals surface area contributed by atoms with Crippen LogP contribution < -0.4 is 5.32 Å². The molecular weight excluding hydrogens is 419 g/mol. The number of morpholine rings is 2. The van der Waals surface area contributed by atoms with Crippen molar-refractivity contribution in [2.24, 2.45) is 0 Å². The van der Waals surface area contributed by atoms with Gasteiger partial charge in [0.1, 0.15) is 11.9 Å². The van der Waals surface area contributed by atoms with E-state index in [-0.39, 0.29) is 23.8 Å². The van der Waals surface area contributed by atoms with Gasteiger partial charge in [0.2, 0.25) is 0 Å². The highest BCUT2D eigenvalue weighted by atomic mass is 19.1. The van der Waals surface area contributed by atoms with E-state index in [1.165, 1.54) is 12.1 Å². The minimum absolute atomic E-state index is 0.0700. The van der Waals surface area contributed by atoms with Gasteiger partial charge >= 0.3 is 0 Å². The van der Waals surface area contributed by atoms with Gasteiger partial charge in [-0.05, 0) is 55.8 Å². The summed E-state index contributed by atoms with van der Waals surface area (Å²) in [6.07, 6.45) is 2.70. The van der Waals surface area contributed by atoms with E-state index < -0.39 is 0 Å². The number of Topliss-reactive ketones (excluding diaryl/α,β-unsaturated/α-hetero) is 1. The van der Waals surface area contributed by atoms with Crippen molar-refractivity contribution in [1.82, 2.24) is 9.80 Å². The molecule has 174 valence electrons. The first-order valence-corrected chi connectivity index (χ1v) is 11.7. The summed E-state index contributed by atoms with van der Waals surface area (Å²) in [6, 6.07) is 15.6. The van der Waals surface area contributed by atoms with Gasteiger partial charge in [-0.2, -0.15) is 5.26 Å². The van der Waals surface area contributed by atoms with E-state index in [1.54, 1.807) is 12.1 Å². The molecule has 2 atom stereocenters. The highest BCUT2D eigenvalue weighted by molar-refractivity contribution is 5.95. The van der Waals surface area contributed by atoms with Crippen LogP contribution in [0.15, 0.2) is 48.5 Å². The Bertz CT molecular complexity index is 961. The molecule has 2 unspecified atom stereocenters. The lowest BCUT2D eigenvalue weighted by atomic mass is 10.1. The zero-order valence-corrected chi connectivity index (χ0v) is 18.9. The van der Waals surface area contributed by atoms with Crippen molar-refractivity contribution in [3.8, 4) is 6.07 Å². The summed E-state index contributed by atoms with van der Waals surface area (Å²) in [5, 5.41) is 12.6. The molecule has 7 heteroatoms. The molecule has 6 nitrogen and oxygen atoms in total. The maximum absolute atomic E-state index is 13.0. The molecule has 2 aromatic rings. The first-order valence-electron chi connectivity index (χ1n) is 11.7. The third-order valence-electron chi connectivity index (χ3n) is 6.29. The van der Waals surface area contributed by atoms with Crippen LogP contribution >= 0.6 is 0 Å². The fraction of sp³-hybridized carbons (Fsp3) is 0.462. The Labute approximate surface area is 194 Å². The molecule has 0 aromatic heterocycles. The van der Waals surface area contributed by atoms with E-state index >= 15 is 0 Å². The standard InChI is InChI=1S/C26H31FN4O2/c27-22-10-8-20(9-11-22)26(32)7-3-13-30-16-23-18-31(19-24(17-30)33-23)14-4-12-29-25-6-2-1-5-21(25)15-28/h1-2,5-6,8-11,23-24,29H,3-4,7,12-14,16-19H2. The quantitative estimate of drug-likeness (QED) is 0.441. The lowest BCUT2D eigenvalue weighted by Gasteiger charge is -2.46. The number of ether oxygens (including phenoxy) is 1. The number of nitriles is 1. The van der Waals surface area contributed by atoms with Crippen LogP contribution in [-0.2, 0) is 4.74 Å². The van der Waals surface area contributed by atoms with E-state index in [2.05, 4.69) is 21.2 Å². The number of anilines is 1. The molecule has 2 fully saturated rings. The van der Waals surface area contributed by atoms with Crippen molar-refractivity contribution >= 4 is 11.5 Å². The lowest BCUT2D eigenvalue weighted by molar-refractivity contribution is -0.138. The molecule has 1 N–H and O–H groups in total. The molecular formula is C26H31FN4O2. The van der Waals surface area contributed by atoms with Crippen LogP contribution in [0.5, 0.6) is 0 Å². The monoisotopic (exact) mass is 450 g/mol. The number of nitrogens with one attached hydrogen (secondary N) is 1. The first kappa shape index (κ1) is 23.4. The Balaban J connectivity index is 1.14. The fourth-order valence-corrected chi connectivity index (χ4v) is 4.73. The number of para-hydroxylation sites is 1. The predicted molar refractivity (Wildman–Crippen MR) is 126 cm³/mol. The molecule has 2 bridgehead atoms. The summed E-state index contributed by atoms with van der Waals surface area (Å²) in [4.78, 5) is 17.2.